The van der Waals surface area contributed by atoms with Crippen LogP contribution in [0.2, 0.25) is 0 Å². The highest BCUT2D eigenvalue weighted by Gasteiger charge is 2.07. The summed E-state index contributed by atoms with van der Waals surface area (Å²) in [5.74, 6) is 3.66. The summed E-state index contributed by atoms with van der Waals surface area (Å²) in [7, 11) is 6.32. The second-order valence-corrected chi connectivity index (χ2v) is 9.71. The molecule has 0 aliphatic carbocycles. The monoisotopic (exact) mass is 608 g/mol. The van der Waals surface area contributed by atoms with Crippen molar-refractivity contribution in [1.82, 2.24) is 0 Å². The van der Waals surface area contributed by atoms with Crippen LogP contribution in [0.4, 0.5) is 0 Å². The third kappa shape index (κ3) is 9.24. The van der Waals surface area contributed by atoms with Gasteiger partial charge in [-0.3, -0.25) is 9.59 Å². The van der Waals surface area contributed by atoms with Crippen LogP contribution in [0.15, 0.2) is 97.1 Å². The highest BCUT2D eigenvalue weighted by Crippen LogP contribution is 2.27. The summed E-state index contributed by atoms with van der Waals surface area (Å²) in [6, 6.07) is 24.8. The second-order valence-electron chi connectivity index (χ2n) is 9.71. The SMILES string of the molecule is COc1ccc(/C=C/C(=O)c2ccc(OCCCOc3ccc(C(=O)/C=C/c4ccc(OC)cc4OC)cc3)cc2)c(OC)c1. The molecular weight excluding hydrogens is 572 g/mol. The van der Waals surface area contributed by atoms with Crippen molar-refractivity contribution in [2.45, 2.75) is 6.42 Å². The standard InChI is InChI=1S/C37H36O8/c1-40-32-18-10-28(36(24-32)42-3)12-20-34(38)26-6-14-30(15-7-26)44-22-5-23-45-31-16-8-27(9-17-31)35(39)21-13-29-11-19-33(41-2)25-37(29)43-4/h6-21,24-25H,5,22-23H2,1-4H3/b20-12+,21-13+. The quantitative estimate of drug-likeness (QED) is 0.0741. The van der Waals surface area contributed by atoms with E-state index < -0.39 is 0 Å². The number of benzene rings is 4. The van der Waals surface area contributed by atoms with E-state index in [0.29, 0.717) is 65.3 Å². The molecule has 0 atom stereocenters. The summed E-state index contributed by atoms with van der Waals surface area (Å²) in [5.41, 5.74) is 2.65. The van der Waals surface area contributed by atoms with E-state index >= 15 is 0 Å². The molecule has 0 saturated carbocycles. The van der Waals surface area contributed by atoms with Crippen LogP contribution < -0.4 is 28.4 Å². The Kier molecular flexibility index (Phi) is 11.8. The van der Waals surface area contributed by atoms with Gasteiger partial charge in [0, 0.05) is 40.8 Å². The molecule has 0 aromatic heterocycles. The minimum absolute atomic E-state index is 0.131. The molecule has 8 heteroatoms. The average molecular weight is 609 g/mol. The van der Waals surface area contributed by atoms with Crippen molar-refractivity contribution in [3.63, 3.8) is 0 Å². The summed E-state index contributed by atoms with van der Waals surface area (Å²) >= 11 is 0. The summed E-state index contributed by atoms with van der Waals surface area (Å²) in [6.07, 6.45) is 7.11. The van der Waals surface area contributed by atoms with Gasteiger partial charge in [-0.05, 0) is 97.1 Å². The molecule has 0 amide bonds. The lowest BCUT2D eigenvalue weighted by atomic mass is 10.1. The predicted octanol–water partition coefficient (Wildman–Crippen LogP) is 7.36. The molecule has 0 aliphatic rings. The van der Waals surface area contributed by atoms with Gasteiger partial charge in [0.2, 0.25) is 0 Å². The number of rotatable bonds is 16. The number of allylic oxidation sites excluding steroid dienone is 2. The van der Waals surface area contributed by atoms with Crippen molar-refractivity contribution in [1.29, 1.82) is 0 Å². The van der Waals surface area contributed by atoms with Crippen molar-refractivity contribution in [3.05, 3.63) is 119 Å². The molecule has 8 nitrogen and oxygen atoms in total. The van der Waals surface area contributed by atoms with Gasteiger partial charge < -0.3 is 28.4 Å². The molecule has 232 valence electrons. The first kappa shape index (κ1) is 32.4. The van der Waals surface area contributed by atoms with Crippen molar-refractivity contribution in [2.24, 2.45) is 0 Å². The van der Waals surface area contributed by atoms with Crippen LogP contribution in [-0.4, -0.2) is 53.2 Å². The zero-order valence-electron chi connectivity index (χ0n) is 25.8. The van der Waals surface area contributed by atoms with Gasteiger partial charge in [-0.15, -0.1) is 0 Å². The molecule has 0 radical (unpaired) electrons. The lowest BCUT2D eigenvalue weighted by molar-refractivity contribution is 0.103. The highest BCUT2D eigenvalue weighted by molar-refractivity contribution is 6.07. The van der Waals surface area contributed by atoms with E-state index in [4.69, 9.17) is 28.4 Å². The lowest BCUT2D eigenvalue weighted by Crippen LogP contribution is -2.05. The van der Waals surface area contributed by atoms with Gasteiger partial charge in [0.1, 0.15) is 34.5 Å². The highest BCUT2D eigenvalue weighted by atomic mass is 16.5. The van der Waals surface area contributed by atoms with Gasteiger partial charge in [-0.25, -0.2) is 0 Å². The summed E-state index contributed by atoms with van der Waals surface area (Å²) < 4.78 is 32.8. The first-order valence-electron chi connectivity index (χ1n) is 14.3. The Morgan fingerprint density at radius 1 is 0.511 bits per heavy atom. The fourth-order valence-corrected chi connectivity index (χ4v) is 4.31. The average Bonchev–Trinajstić information content (AvgIpc) is 3.09. The Morgan fingerprint density at radius 3 is 1.24 bits per heavy atom. The molecule has 45 heavy (non-hydrogen) atoms. The largest absolute Gasteiger partial charge is 0.497 e. The topological polar surface area (TPSA) is 89.5 Å². The third-order valence-corrected chi connectivity index (χ3v) is 6.81. The predicted molar refractivity (Wildman–Crippen MR) is 174 cm³/mol. The van der Waals surface area contributed by atoms with Crippen LogP contribution in [-0.2, 0) is 0 Å². The molecule has 0 heterocycles. The Labute approximate surface area is 263 Å². The van der Waals surface area contributed by atoms with Gasteiger partial charge in [-0.2, -0.15) is 0 Å². The summed E-state index contributed by atoms with van der Waals surface area (Å²) in [5, 5.41) is 0. The molecule has 0 spiro atoms. The van der Waals surface area contributed by atoms with Crippen molar-refractivity contribution >= 4 is 23.7 Å². The second kappa shape index (κ2) is 16.4. The van der Waals surface area contributed by atoms with Gasteiger partial charge in [0.25, 0.3) is 0 Å². The number of ketones is 2. The molecule has 0 aliphatic heterocycles. The molecule has 4 rings (SSSR count). The molecule has 4 aromatic carbocycles. The van der Waals surface area contributed by atoms with E-state index in [1.54, 1.807) is 101 Å². The van der Waals surface area contributed by atoms with E-state index in [1.807, 2.05) is 24.3 Å². The maximum Gasteiger partial charge on any atom is 0.185 e. The fourth-order valence-electron chi connectivity index (χ4n) is 4.31. The molecule has 0 fully saturated rings. The maximum atomic E-state index is 12.6. The molecule has 0 N–H and O–H groups in total. The fraction of sp³-hybridized carbons (Fsp3) is 0.189. The van der Waals surface area contributed by atoms with E-state index in [2.05, 4.69) is 0 Å². The summed E-state index contributed by atoms with van der Waals surface area (Å²) in [4.78, 5) is 25.3. The van der Waals surface area contributed by atoms with E-state index in [1.165, 1.54) is 12.2 Å². The van der Waals surface area contributed by atoms with Gasteiger partial charge in [-0.1, -0.05) is 0 Å². The number of carbonyl (C=O) groups is 2. The first-order chi connectivity index (χ1) is 21.9. The smallest absolute Gasteiger partial charge is 0.185 e. The van der Waals surface area contributed by atoms with Crippen LogP contribution in [0.5, 0.6) is 34.5 Å². The van der Waals surface area contributed by atoms with Crippen molar-refractivity contribution < 1.29 is 38.0 Å². The molecule has 0 saturated heterocycles. The minimum atomic E-state index is -0.131. The number of hydrogen-bond acceptors (Lipinski definition) is 8. The van der Waals surface area contributed by atoms with Crippen molar-refractivity contribution in [2.75, 3.05) is 41.7 Å². The Morgan fingerprint density at radius 2 is 0.889 bits per heavy atom. The van der Waals surface area contributed by atoms with Gasteiger partial charge >= 0.3 is 0 Å². The van der Waals surface area contributed by atoms with Crippen LogP contribution >= 0.6 is 0 Å². The van der Waals surface area contributed by atoms with Crippen LogP contribution in [0.3, 0.4) is 0 Å². The number of ether oxygens (including phenoxy) is 6. The Bertz CT molecular complexity index is 1510. The molecule has 4 aromatic rings. The number of methoxy groups -OCH3 is 4. The van der Waals surface area contributed by atoms with Gasteiger partial charge in [0.15, 0.2) is 11.6 Å². The normalized spacial score (nSPS) is 10.9. The third-order valence-electron chi connectivity index (χ3n) is 6.81. The van der Waals surface area contributed by atoms with E-state index in [0.717, 1.165) is 11.1 Å². The zero-order valence-corrected chi connectivity index (χ0v) is 25.8. The Hall–Kier alpha value is -5.50. The zero-order chi connectivity index (χ0) is 32.0. The van der Waals surface area contributed by atoms with Crippen LogP contribution in [0.25, 0.3) is 12.2 Å². The molecule has 0 unspecified atom stereocenters. The minimum Gasteiger partial charge on any atom is -0.497 e. The molecular formula is C37H36O8. The van der Waals surface area contributed by atoms with Crippen LogP contribution in [0.1, 0.15) is 38.3 Å². The first-order valence-corrected chi connectivity index (χ1v) is 14.3. The van der Waals surface area contributed by atoms with Gasteiger partial charge in [0.05, 0.1) is 41.7 Å². The van der Waals surface area contributed by atoms with Crippen molar-refractivity contribution in [3.8, 4) is 34.5 Å². The molecule has 0 bridgehead atoms. The Balaban J connectivity index is 1.19. The number of hydrogen-bond donors (Lipinski definition) is 0. The summed E-state index contributed by atoms with van der Waals surface area (Å²) in [6.45, 7) is 0.890. The number of carbonyl (C=O) groups excluding carboxylic acids is 2. The van der Waals surface area contributed by atoms with E-state index in [9.17, 15) is 9.59 Å². The van der Waals surface area contributed by atoms with E-state index in [-0.39, 0.29) is 11.6 Å². The lowest BCUT2D eigenvalue weighted by Gasteiger charge is -2.09. The maximum absolute atomic E-state index is 12.6. The van der Waals surface area contributed by atoms with Crippen LogP contribution in [0, 0.1) is 0 Å².